The summed E-state index contributed by atoms with van der Waals surface area (Å²) in [5.74, 6) is 0.337. The molecule has 0 amide bonds. The number of fused-ring (bicyclic) bond motifs is 1. The molecule has 3 N–H and O–H groups in total. The van der Waals surface area contributed by atoms with Crippen molar-refractivity contribution in [2.24, 2.45) is 0 Å². The predicted molar refractivity (Wildman–Crippen MR) is 93.1 cm³/mol. The Morgan fingerprint density at radius 3 is 2.96 bits per heavy atom. The first-order chi connectivity index (χ1) is 12.2. The molecule has 1 aromatic carbocycles. The Bertz CT molecular complexity index is 1030. The third-order valence-corrected chi connectivity index (χ3v) is 4.91. The van der Waals surface area contributed by atoms with Gasteiger partial charge < -0.3 is 10.1 Å². The second kappa shape index (κ2) is 6.14. The van der Waals surface area contributed by atoms with E-state index in [0.29, 0.717) is 11.0 Å². The molecule has 0 unspecified atom stereocenters. The zero-order valence-corrected chi connectivity index (χ0v) is 13.9. The van der Waals surface area contributed by atoms with E-state index in [-0.39, 0.29) is 28.8 Å². The number of H-pyrrole nitrogens is 2. The van der Waals surface area contributed by atoms with E-state index in [2.05, 4.69) is 20.2 Å². The summed E-state index contributed by atoms with van der Waals surface area (Å²) < 4.78 is 1.60. The predicted octanol–water partition coefficient (Wildman–Crippen LogP) is 2.37. The average Bonchev–Trinajstić information content (AvgIpc) is 3.24. The van der Waals surface area contributed by atoms with Crippen molar-refractivity contribution in [2.45, 2.75) is 24.0 Å². The third-order valence-electron chi connectivity index (χ3n) is 3.95. The van der Waals surface area contributed by atoms with Crippen LogP contribution in [0.5, 0.6) is 0 Å². The zero-order valence-electron chi connectivity index (χ0n) is 13.1. The molecular formula is C16H14N6O2S. The van der Waals surface area contributed by atoms with Crippen LogP contribution in [0.4, 0.5) is 0 Å². The lowest BCUT2D eigenvalue weighted by Gasteiger charge is -2.04. The zero-order chi connectivity index (χ0) is 17.4. The minimum atomic E-state index is -0.244. The number of allylic oxidation sites excluding steroid dienone is 1. The van der Waals surface area contributed by atoms with Crippen molar-refractivity contribution < 1.29 is 5.11 Å². The number of thioether (sulfide) groups is 1. The smallest absolute Gasteiger partial charge is 0.344 e. The normalized spacial score (nSPS) is 15.2. The van der Waals surface area contributed by atoms with Crippen LogP contribution in [0.3, 0.4) is 0 Å². The molecule has 4 rings (SSSR count). The standard InChI is InChI=1S/C16H14N6O2S/c17-7-10(14-18-11-3-1-2-4-12(11)19-14)13(23)8-25-16-21-20-15(24)22(16)9-5-6-9/h1-4,9,23H,5-6,8H2,(H,18,19)(H,20,24)/b13-10-. The van der Waals surface area contributed by atoms with Gasteiger partial charge in [-0.05, 0) is 25.0 Å². The summed E-state index contributed by atoms with van der Waals surface area (Å²) in [5, 5.41) is 26.7. The maximum atomic E-state index is 11.8. The summed E-state index contributed by atoms with van der Waals surface area (Å²) in [6, 6.07) is 9.58. The van der Waals surface area contributed by atoms with E-state index in [9.17, 15) is 15.2 Å². The maximum absolute atomic E-state index is 11.8. The molecule has 1 aliphatic carbocycles. The van der Waals surface area contributed by atoms with Gasteiger partial charge in [0.15, 0.2) is 11.0 Å². The number of benzene rings is 1. The minimum Gasteiger partial charge on any atom is -0.510 e. The lowest BCUT2D eigenvalue weighted by atomic mass is 10.2. The van der Waals surface area contributed by atoms with Gasteiger partial charge in [-0.1, -0.05) is 23.9 Å². The van der Waals surface area contributed by atoms with Gasteiger partial charge in [0.05, 0.1) is 16.8 Å². The molecule has 1 aliphatic rings. The van der Waals surface area contributed by atoms with E-state index in [1.807, 2.05) is 30.3 Å². The van der Waals surface area contributed by atoms with Gasteiger partial charge in [-0.3, -0.25) is 4.57 Å². The Labute approximate surface area is 146 Å². The largest absolute Gasteiger partial charge is 0.510 e. The number of aliphatic hydroxyl groups is 1. The van der Waals surface area contributed by atoms with Crippen LogP contribution in [0.2, 0.25) is 0 Å². The maximum Gasteiger partial charge on any atom is 0.344 e. The van der Waals surface area contributed by atoms with Crippen LogP contribution in [0.25, 0.3) is 16.6 Å². The Kier molecular flexibility index (Phi) is 3.82. The Morgan fingerprint density at radius 1 is 1.44 bits per heavy atom. The SMILES string of the molecule is N#C/C(=C(/O)CSc1n[nH]c(=O)n1C1CC1)c1nc2ccccc2[nH]1. The van der Waals surface area contributed by atoms with E-state index in [0.717, 1.165) is 23.9 Å². The highest BCUT2D eigenvalue weighted by Gasteiger charge is 2.28. The highest BCUT2D eigenvalue weighted by Crippen LogP contribution is 2.36. The molecule has 0 aliphatic heterocycles. The number of aromatic nitrogens is 5. The number of aliphatic hydroxyl groups excluding tert-OH is 1. The van der Waals surface area contributed by atoms with E-state index in [4.69, 9.17) is 0 Å². The summed E-state index contributed by atoms with van der Waals surface area (Å²) in [5.41, 5.74) is 1.35. The van der Waals surface area contributed by atoms with Crippen LogP contribution >= 0.6 is 11.8 Å². The van der Waals surface area contributed by atoms with Gasteiger partial charge in [-0.2, -0.15) is 5.26 Å². The fourth-order valence-corrected chi connectivity index (χ4v) is 3.47. The van der Waals surface area contributed by atoms with E-state index >= 15 is 0 Å². The van der Waals surface area contributed by atoms with Crippen molar-refractivity contribution in [1.82, 2.24) is 24.7 Å². The number of rotatable bonds is 5. The number of imidazole rings is 1. The topological polar surface area (TPSA) is 123 Å². The quantitative estimate of drug-likeness (QED) is 0.367. The first-order valence-electron chi connectivity index (χ1n) is 7.74. The molecule has 126 valence electrons. The molecule has 8 nitrogen and oxygen atoms in total. The molecule has 25 heavy (non-hydrogen) atoms. The summed E-state index contributed by atoms with van der Waals surface area (Å²) in [6.07, 6.45) is 1.91. The Balaban J connectivity index is 1.60. The van der Waals surface area contributed by atoms with Gasteiger partial charge in [-0.15, -0.1) is 5.10 Å². The van der Waals surface area contributed by atoms with E-state index < -0.39 is 0 Å². The summed E-state index contributed by atoms with van der Waals surface area (Å²) >= 11 is 1.21. The molecule has 0 spiro atoms. The molecule has 2 heterocycles. The van der Waals surface area contributed by atoms with Crippen molar-refractivity contribution in [2.75, 3.05) is 5.75 Å². The highest BCUT2D eigenvalue weighted by molar-refractivity contribution is 7.99. The fraction of sp³-hybridized carbons (Fsp3) is 0.250. The van der Waals surface area contributed by atoms with Gasteiger partial charge in [0.1, 0.15) is 17.4 Å². The molecule has 9 heteroatoms. The summed E-state index contributed by atoms with van der Waals surface area (Å²) in [7, 11) is 0. The van der Waals surface area contributed by atoms with Crippen molar-refractivity contribution in [3.63, 3.8) is 0 Å². The monoisotopic (exact) mass is 354 g/mol. The van der Waals surface area contributed by atoms with Crippen molar-refractivity contribution in [1.29, 1.82) is 5.26 Å². The van der Waals surface area contributed by atoms with Gasteiger partial charge >= 0.3 is 5.69 Å². The average molecular weight is 354 g/mol. The molecular weight excluding hydrogens is 340 g/mol. The number of aromatic amines is 2. The fourth-order valence-electron chi connectivity index (χ4n) is 2.58. The third kappa shape index (κ3) is 2.92. The lowest BCUT2D eigenvalue weighted by molar-refractivity contribution is 0.420. The molecule has 3 aromatic rings. The molecule has 0 bridgehead atoms. The second-order valence-corrected chi connectivity index (χ2v) is 6.68. The summed E-state index contributed by atoms with van der Waals surface area (Å²) in [6.45, 7) is 0. The first kappa shape index (κ1) is 15.5. The second-order valence-electron chi connectivity index (χ2n) is 5.74. The first-order valence-corrected chi connectivity index (χ1v) is 8.73. The van der Waals surface area contributed by atoms with Crippen LogP contribution < -0.4 is 5.69 Å². The number of hydrogen-bond donors (Lipinski definition) is 3. The van der Waals surface area contributed by atoms with Crippen LogP contribution in [0.1, 0.15) is 24.7 Å². The molecule has 0 atom stereocenters. The van der Waals surface area contributed by atoms with Crippen LogP contribution in [0, 0.1) is 11.3 Å². The number of nitrogens with one attached hydrogen (secondary N) is 2. The van der Waals surface area contributed by atoms with Crippen molar-refractivity contribution in [3.8, 4) is 6.07 Å². The van der Waals surface area contributed by atoms with Crippen molar-refractivity contribution in [3.05, 3.63) is 46.3 Å². The van der Waals surface area contributed by atoms with Crippen LogP contribution in [-0.4, -0.2) is 35.6 Å². The lowest BCUT2D eigenvalue weighted by Crippen LogP contribution is -2.16. The molecule has 0 radical (unpaired) electrons. The van der Waals surface area contributed by atoms with Gasteiger partial charge in [0.25, 0.3) is 0 Å². The molecule has 2 aromatic heterocycles. The van der Waals surface area contributed by atoms with Gasteiger partial charge in [0, 0.05) is 6.04 Å². The molecule has 1 saturated carbocycles. The number of nitriles is 1. The molecule has 0 saturated heterocycles. The minimum absolute atomic E-state index is 0.0829. The van der Waals surface area contributed by atoms with Crippen LogP contribution in [-0.2, 0) is 0 Å². The molecule has 1 fully saturated rings. The summed E-state index contributed by atoms with van der Waals surface area (Å²) in [4.78, 5) is 19.1. The highest BCUT2D eigenvalue weighted by atomic mass is 32.2. The van der Waals surface area contributed by atoms with Gasteiger partial charge in [-0.25, -0.2) is 14.9 Å². The Morgan fingerprint density at radius 2 is 2.24 bits per heavy atom. The number of hydrogen-bond acceptors (Lipinski definition) is 6. The van der Waals surface area contributed by atoms with E-state index in [1.165, 1.54) is 11.8 Å². The number of para-hydroxylation sites is 2. The van der Waals surface area contributed by atoms with Gasteiger partial charge in [0.2, 0.25) is 0 Å². The van der Waals surface area contributed by atoms with E-state index in [1.54, 1.807) is 4.57 Å². The van der Waals surface area contributed by atoms with Crippen LogP contribution in [0.15, 0.2) is 40.0 Å². The van der Waals surface area contributed by atoms with Crippen molar-refractivity contribution >= 4 is 28.4 Å². The Hall–Kier alpha value is -2.99. The number of nitrogens with zero attached hydrogens (tertiary/aromatic N) is 4.